The van der Waals surface area contributed by atoms with Crippen molar-refractivity contribution in [2.24, 2.45) is 17.4 Å². The van der Waals surface area contributed by atoms with Crippen LogP contribution in [0.2, 0.25) is 10.0 Å². The fourth-order valence-electron chi connectivity index (χ4n) is 14.9. The Hall–Kier alpha value is -12.3. The lowest BCUT2D eigenvalue weighted by Gasteiger charge is -2.48. The molecule has 678 valence electrons. The molecule has 23 N–H and O–H groups in total. The van der Waals surface area contributed by atoms with Crippen molar-refractivity contribution in [1.82, 2.24) is 53.0 Å². The summed E-state index contributed by atoms with van der Waals surface area (Å²) in [5.74, 6) is -18.8. The zero-order valence-corrected chi connectivity index (χ0v) is 69.1. The Morgan fingerprint density at radius 3 is 1.96 bits per heavy atom. The number of hydrogen-bond donors (Lipinski definition) is 21. The number of ether oxygens (including phenoxy) is 7. The number of phenolic OH excluding ortho intramolecular Hbond substituents is 3. The Bertz CT molecular complexity index is 5380. The average molecular weight is 1820 g/mol. The van der Waals surface area contributed by atoms with E-state index in [1.54, 1.807) is 20.8 Å². The first-order valence-corrected chi connectivity index (χ1v) is 39.8. The minimum absolute atomic E-state index is 0.0442. The second kappa shape index (κ2) is 39.3. The number of fused-ring (bicyclic) bond motifs is 15. The molecule has 45 heteroatoms. The number of aliphatic hydroxyl groups is 6. The third-order valence-corrected chi connectivity index (χ3v) is 21.8. The van der Waals surface area contributed by atoms with E-state index in [0.717, 1.165) is 97.1 Å². The van der Waals surface area contributed by atoms with Gasteiger partial charge in [0.05, 0.1) is 53.2 Å². The highest BCUT2D eigenvalue weighted by atomic mass is 35.5. The number of amides is 10. The predicted octanol–water partition coefficient (Wildman–Crippen LogP) is 1.93. The van der Waals surface area contributed by atoms with Crippen LogP contribution in [0.3, 0.4) is 0 Å². The van der Waals surface area contributed by atoms with Gasteiger partial charge in [0, 0.05) is 47.5 Å². The zero-order valence-electron chi connectivity index (χ0n) is 67.5. The quantitative estimate of drug-likeness (QED) is 0.0431. The van der Waals surface area contributed by atoms with Crippen LogP contribution in [0.5, 0.6) is 51.7 Å². The van der Waals surface area contributed by atoms with Crippen molar-refractivity contribution in [1.29, 1.82) is 0 Å². The van der Waals surface area contributed by atoms with E-state index in [-0.39, 0.29) is 47.7 Å². The maximum absolute atomic E-state index is 16.3. The molecule has 0 spiro atoms. The van der Waals surface area contributed by atoms with E-state index >= 15 is 24.0 Å². The predicted molar refractivity (Wildman–Crippen MR) is 433 cm³/mol. The number of anilines is 1. The number of nitrogens with two attached hydrogens (primary N) is 2. The maximum Gasteiger partial charge on any atom is 0.573 e. The lowest BCUT2D eigenvalue weighted by molar-refractivity contribution is -0.334. The third kappa shape index (κ3) is 21.9. The number of halogens is 5. The maximum atomic E-state index is 16.3. The Kier molecular flexibility index (Phi) is 29.0. The number of hydroxylamine groups is 1. The van der Waals surface area contributed by atoms with E-state index in [4.69, 9.17) is 67.9 Å². The van der Waals surface area contributed by atoms with Crippen LogP contribution in [-0.4, -0.2) is 216 Å². The molecule has 40 nitrogen and oxygen atoms in total. The van der Waals surface area contributed by atoms with Crippen LogP contribution >= 0.6 is 23.2 Å². The van der Waals surface area contributed by atoms with E-state index in [0.29, 0.717) is 5.56 Å². The fourth-order valence-corrected chi connectivity index (χ4v) is 15.3. The lowest BCUT2D eigenvalue weighted by atomic mass is 9.84. The number of aromatic hydroxyl groups is 3. The molecule has 8 heterocycles. The number of phenols is 3. The monoisotopic (exact) mass is 1810 g/mol. The smallest absolute Gasteiger partial charge is 0.508 e. The molecule has 11 bridgehead atoms. The van der Waals surface area contributed by atoms with Crippen molar-refractivity contribution in [3.8, 4) is 62.9 Å². The van der Waals surface area contributed by atoms with E-state index in [2.05, 4.69) is 57.6 Å². The number of benzene rings is 6. The zero-order chi connectivity index (χ0) is 92.1. The molecule has 2 fully saturated rings. The average Bonchev–Trinajstić information content (AvgIpc) is 0.763. The molecule has 1 aromatic heterocycles. The Morgan fingerprint density at radius 2 is 1.34 bits per heavy atom. The Labute approximate surface area is 728 Å². The fraction of sp³-hybridized carbons (Fsp3) is 0.378. The topological polar surface area (TPSA) is 612 Å². The van der Waals surface area contributed by atoms with Crippen molar-refractivity contribution in [2.75, 3.05) is 25.6 Å². The molecule has 7 aromatic rings. The molecule has 127 heavy (non-hydrogen) atoms. The van der Waals surface area contributed by atoms with Gasteiger partial charge in [0.2, 0.25) is 59.3 Å². The highest BCUT2D eigenvalue weighted by Crippen LogP contribution is 2.50. The minimum Gasteiger partial charge on any atom is -0.508 e. The van der Waals surface area contributed by atoms with Crippen molar-refractivity contribution >= 4 is 88.0 Å². The number of likely N-dealkylation sites (N-methyl/N-ethyl adjacent to an activating group) is 1. The summed E-state index contributed by atoms with van der Waals surface area (Å²) in [4.78, 5) is 154. The molecule has 7 aliphatic heterocycles. The molecule has 0 saturated carbocycles. The number of carbonyl (C=O) groups is 10. The summed E-state index contributed by atoms with van der Waals surface area (Å²) in [5, 5.41) is 129. The number of hydrogen-bond acceptors (Lipinski definition) is 30. The lowest BCUT2D eigenvalue weighted by Crippen LogP contribution is -2.65. The summed E-state index contributed by atoms with van der Waals surface area (Å²) in [6.07, 6.45) is -22.3. The molecule has 6 aromatic carbocycles. The van der Waals surface area contributed by atoms with E-state index in [1.807, 2.05) is 5.48 Å². The SMILES string of the molecule is CN[C@H](CC(C)C)C(=O)N[C@H]1C(=O)N[C@@H](CC(N)=O)C(=O)N[C@H]2C(=O)N[C@H]3C(=O)N[C@H](C(=O)N[C@@H](C(=O)NOCC(N)=O)c4cc(O)cc(O)c4-c4cc3ccc4O)[C@H](O)c3ccc(c(Cl)c3)Oc3cc2cc(c3O[C@@H]2O[C@H](CO)[C@@H](O)[C@H](O)[C@H]2O[C@H]2C[C@](C)(NCc3cncc(NC(=O)c4ccc(OC(F)(F)F)cc4)c3)[C@H](O)[C@H](C)O2)Oc2ccc(cc2Cl)[C@H]1O. The molecule has 10 amide bonds. The third-order valence-electron chi connectivity index (χ3n) is 21.2. The second-order valence-electron chi connectivity index (χ2n) is 31.0. The molecule has 0 unspecified atom stereocenters. The first-order valence-electron chi connectivity index (χ1n) is 39.1. The van der Waals surface area contributed by atoms with Gasteiger partial charge in [-0.15, -0.1) is 13.2 Å². The molecule has 0 radical (unpaired) electrons. The van der Waals surface area contributed by atoms with Crippen molar-refractivity contribution in [3.63, 3.8) is 0 Å². The van der Waals surface area contributed by atoms with Gasteiger partial charge >= 0.3 is 6.36 Å². The summed E-state index contributed by atoms with van der Waals surface area (Å²) in [6, 6.07) is 4.16. The van der Waals surface area contributed by atoms with Crippen molar-refractivity contribution in [2.45, 2.75) is 169 Å². The molecular formula is C82H88Cl2F3N13O27. The van der Waals surface area contributed by atoms with Gasteiger partial charge in [-0.05, 0) is 152 Å². The standard InChI is InChI=1S/C82H88Cl2F3N13O27/c1-32(2)16-47(90-5)73(113)98-63-65(107)37-9-14-51(45(83)19-37)122-53-21-39-22-54(69(53)126-80-70(68(110)67(109)55(30-101)124-80)125-58-26-81(4,71(111)33(3)121-58)92-28-34-17-40(29-91-27-34)93-72(112)35-6-11-42(12-7-35)127-82(85,86)87)123-52-15-10-38(20-46(52)84)66(108)64-78(118)97-62(79(119)100-120-31-57(89)106)44-23-41(102)24-50(104)59(44)43-18-36(8-13-49(43)103)60(75(115)99-64)96-76(116)61(39)95-74(114)48(25-56(88)105)94-77(63)117/h6-15,17-24,27,29,32-33,47-48,55,58,60-68,70-71,80,90,92,101-104,107-111H,16,25-26,28,30-31H2,1-5H3,(H2,88,105)(H2,89,106)(H,93,112)(H,94,117)(H,95,114)(H,96,116)(H,97,118)(H,98,113)(H,99,115)(H,100,119)/t33-,47+,48-,55+,58-,60+,61+,62+,63+,64-,65+,66+,67+,68-,70+,71+,80-,81-/m0/s1. The first-order chi connectivity index (χ1) is 60.1. The van der Waals surface area contributed by atoms with E-state index in [1.165, 1.54) is 38.5 Å². The largest absolute Gasteiger partial charge is 0.573 e. The Morgan fingerprint density at radius 1 is 0.701 bits per heavy atom. The van der Waals surface area contributed by atoms with E-state index in [9.17, 15) is 83.1 Å². The number of rotatable bonds is 22. The molecule has 2 saturated heterocycles. The summed E-state index contributed by atoms with van der Waals surface area (Å²) in [7, 11) is 1.45. The minimum atomic E-state index is -4.99. The van der Waals surface area contributed by atoms with Crippen LogP contribution in [0.4, 0.5) is 18.9 Å². The summed E-state index contributed by atoms with van der Waals surface area (Å²) in [5.41, 5.74) is 8.86. The number of carbonyl (C=O) groups excluding carboxylic acids is 10. The Balaban J connectivity index is 1.01. The summed E-state index contributed by atoms with van der Waals surface area (Å²) < 4.78 is 81.9. The van der Waals surface area contributed by atoms with Gasteiger partial charge in [-0.25, -0.2) is 5.48 Å². The summed E-state index contributed by atoms with van der Waals surface area (Å²) in [6.45, 7) is 4.51. The van der Waals surface area contributed by atoms with Gasteiger partial charge in [-0.3, -0.25) is 57.8 Å². The van der Waals surface area contributed by atoms with Gasteiger partial charge in [0.25, 0.3) is 11.8 Å². The first kappa shape index (κ1) is 93.8. The van der Waals surface area contributed by atoms with Crippen LogP contribution in [0, 0.1) is 5.92 Å². The van der Waals surface area contributed by atoms with Gasteiger partial charge < -0.3 is 138 Å². The number of pyridine rings is 1. The van der Waals surface area contributed by atoms with Gasteiger partial charge in [-0.1, -0.05) is 55.2 Å². The normalized spacial score (nSPS) is 25.8. The number of alkyl halides is 3. The van der Waals surface area contributed by atoms with Crippen molar-refractivity contribution in [3.05, 3.63) is 171 Å². The number of nitrogens with one attached hydrogen (secondary N) is 10. The number of aromatic nitrogens is 1. The van der Waals surface area contributed by atoms with Crippen LogP contribution in [0.25, 0.3) is 11.1 Å². The second-order valence-corrected chi connectivity index (χ2v) is 31.8. The number of primary amides is 2. The number of aliphatic hydroxyl groups excluding tert-OH is 6. The molecule has 7 aliphatic rings. The van der Waals surface area contributed by atoms with Gasteiger partial charge in [0.1, 0.15) is 101 Å². The van der Waals surface area contributed by atoms with Crippen LogP contribution in [-0.2, 0) is 68.7 Å². The van der Waals surface area contributed by atoms with Crippen LogP contribution in [0.1, 0.15) is 121 Å². The highest BCUT2D eigenvalue weighted by Gasteiger charge is 2.53. The molecule has 18 atom stereocenters. The number of nitrogens with zero attached hydrogens (tertiary/aromatic N) is 1. The van der Waals surface area contributed by atoms with Crippen LogP contribution in [0.15, 0.2) is 122 Å². The highest BCUT2D eigenvalue weighted by molar-refractivity contribution is 6.32. The van der Waals surface area contributed by atoms with E-state index < -0.39 is 284 Å². The molecule has 14 rings (SSSR count). The molecule has 0 aliphatic carbocycles. The molecular weight excluding hydrogens is 1730 g/mol. The van der Waals surface area contributed by atoms with Crippen LogP contribution < -0.4 is 83.7 Å². The van der Waals surface area contributed by atoms with Gasteiger partial charge in [-0.2, -0.15) is 0 Å². The van der Waals surface area contributed by atoms with Gasteiger partial charge in [0.15, 0.2) is 30.5 Å². The van der Waals surface area contributed by atoms with Crippen molar-refractivity contribution < 1.29 is 145 Å². The summed E-state index contributed by atoms with van der Waals surface area (Å²) >= 11 is 14.3.